The summed E-state index contributed by atoms with van der Waals surface area (Å²) < 4.78 is 7.66. The molecule has 146 valence electrons. The van der Waals surface area contributed by atoms with Crippen molar-refractivity contribution >= 4 is 21.8 Å². The van der Waals surface area contributed by atoms with E-state index in [-0.39, 0.29) is 18.0 Å². The Balaban J connectivity index is 1.94. The van der Waals surface area contributed by atoms with Gasteiger partial charge in [0.15, 0.2) is 0 Å². The van der Waals surface area contributed by atoms with Crippen LogP contribution in [0.3, 0.4) is 0 Å². The van der Waals surface area contributed by atoms with Crippen LogP contribution in [-0.4, -0.2) is 66.2 Å². The number of hydrogen-bond acceptors (Lipinski definition) is 4. The van der Waals surface area contributed by atoms with E-state index in [1.54, 1.807) is 12.3 Å². The van der Waals surface area contributed by atoms with Gasteiger partial charge in [0, 0.05) is 49.5 Å². The standard InChI is InChI=1S/C19H30BrN3O3/c1-2-3-4-5-8-22(10-9-21-11-13-26-14-12-21)19(25)16-23-15-17(20)6-7-18(23)24/h6-7,15H,2-5,8-14,16H2,1H3. The van der Waals surface area contributed by atoms with Crippen LogP contribution in [0.15, 0.2) is 27.6 Å². The average Bonchev–Trinajstić information content (AvgIpc) is 2.65. The Kier molecular flexibility index (Phi) is 9.36. The third-order valence-corrected chi connectivity index (χ3v) is 5.15. The van der Waals surface area contributed by atoms with Gasteiger partial charge in [-0.05, 0) is 28.4 Å². The maximum absolute atomic E-state index is 12.8. The van der Waals surface area contributed by atoms with E-state index in [4.69, 9.17) is 4.74 Å². The van der Waals surface area contributed by atoms with Crippen molar-refractivity contribution in [2.45, 2.75) is 39.2 Å². The van der Waals surface area contributed by atoms with Crippen molar-refractivity contribution in [3.05, 3.63) is 33.2 Å². The number of pyridine rings is 1. The van der Waals surface area contributed by atoms with Crippen molar-refractivity contribution in [1.82, 2.24) is 14.4 Å². The number of rotatable bonds is 10. The number of nitrogens with zero attached hydrogens (tertiary/aromatic N) is 3. The summed E-state index contributed by atoms with van der Waals surface area (Å²) in [5.74, 6) is 0.00922. The van der Waals surface area contributed by atoms with Gasteiger partial charge in [0.05, 0.1) is 13.2 Å². The van der Waals surface area contributed by atoms with E-state index >= 15 is 0 Å². The summed E-state index contributed by atoms with van der Waals surface area (Å²) in [7, 11) is 0. The topological polar surface area (TPSA) is 54.8 Å². The molecular formula is C19H30BrN3O3. The first-order chi connectivity index (χ1) is 12.6. The van der Waals surface area contributed by atoms with Gasteiger partial charge < -0.3 is 14.2 Å². The zero-order valence-electron chi connectivity index (χ0n) is 15.7. The second kappa shape index (κ2) is 11.5. The molecule has 0 N–H and O–H groups in total. The fourth-order valence-corrected chi connectivity index (χ4v) is 3.43. The number of halogens is 1. The lowest BCUT2D eigenvalue weighted by molar-refractivity contribution is -0.132. The number of carbonyl (C=O) groups excluding carboxylic acids is 1. The Morgan fingerprint density at radius 1 is 1.19 bits per heavy atom. The normalized spacial score (nSPS) is 15.2. The van der Waals surface area contributed by atoms with Crippen molar-refractivity contribution in [2.24, 2.45) is 0 Å². The summed E-state index contributed by atoms with van der Waals surface area (Å²) in [6.07, 6.45) is 6.19. The van der Waals surface area contributed by atoms with Gasteiger partial charge in [-0.15, -0.1) is 0 Å². The fourth-order valence-electron chi connectivity index (χ4n) is 3.05. The number of hydrogen-bond donors (Lipinski definition) is 0. The SMILES string of the molecule is CCCCCCN(CCN1CCOCC1)C(=O)Cn1cc(Br)ccc1=O. The van der Waals surface area contributed by atoms with Gasteiger partial charge in [0.1, 0.15) is 6.54 Å². The van der Waals surface area contributed by atoms with Gasteiger partial charge >= 0.3 is 0 Å². The second-order valence-corrected chi connectivity index (χ2v) is 7.62. The Morgan fingerprint density at radius 2 is 1.96 bits per heavy atom. The molecule has 1 aromatic heterocycles. The molecule has 2 rings (SSSR count). The highest BCUT2D eigenvalue weighted by Crippen LogP contribution is 2.07. The zero-order valence-corrected chi connectivity index (χ0v) is 17.2. The molecule has 26 heavy (non-hydrogen) atoms. The molecule has 0 unspecified atom stereocenters. The highest BCUT2D eigenvalue weighted by atomic mass is 79.9. The van der Waals surface area contributed by atoms with E-state index in [1.807, 2.05) is 4.90 Å². The first kappa shape index (κ1) is 21.1. The Bertz CT molecular complexity index is 614. The summed E-state index contributed by atoms with van der Waals surface area (Å²) in [4.78, 5) is 29.1. The lowest BCUT2D eigenvalue weighted by Gasteiger charge is -2.30. The number of unbranched alkanes of at least 4 members (excludes halogenated alkanes) is 3. The van der Waals surface area contributed by atoms with Crippen molar-refractivity contribution in [3.8, 4) is 0 Å². The van der Waals surface area contributed by atoms with Gasteiger partial charge in [0.25, 0.3) is 5.56 Å². The van der Waals surface area contributed by atoms with Crippen LogP contribution >= 0.6 is 15.9 Å². The van der Waals surface area contributed by atoms with Crippen LogP contribution < -0.4 is 5.56 Å². The Labute approximate surface area is 164 Å². The molecule has 0 atom stereocenters. The van der Waals surface area contributed by atoms with Crippen LogP contribution in [0.25, 0.3) is 0 Å². The van der Waals surface area contributed by atoms with Crippen LogP contribution in [0.2, 0.25) is 0 Å². The molecular weight excluding hydrogens is 398 g/mol. The van der Waals surface area contributed by atoms with Crippen LogP contribution in [0, 0.1) is 0 Å². The summed E-state index contributed by atoms with van der Waals surface area (Å²) in [5.41, 5.74) is -0.152. The van der Waals surface area contributed by atoms with E-state index < -0.39 is 0 Å². The molecule has 1 fully saturated rings. The molecule has 0 aromatic carbocycles. The molecule has 7 heteroatoms. The molecule has 0 radical (unpaired) electrons. The summed E-state index contributed by atoms with van der Waals surface area (Å²) in [6, 6.07) is 3.18. The molecule has 0 bridgehead atoms. The van der Waals surface area contributed by atoms with Crippen LogP contribution in [0.4, 0.5) is 0 Å². The summed E-state index contributed by atoms with van der Waals surface area (Å²) in [5, 5.41) is 0. The minimum absolute atomic E-state index is 0.00922. The van der Waals surface area contributed by atoms with Crippen LogP contribution in [0.1, 0.15) is 32.6 Å². The number of aromatic nitrogens is 1. The zero-order chi connectivity index (χ0) is 18.8. The molecule has 1 aliphatic rings. The highest BCUT2D eigenvalue weighted by Gasteiger charge is 2.17. The minimum atomic E-state index is -0.152. The van der Waals surface area contributed by atoms with Crippen molar-refractivity contribution in [2.75, 3.05) is 45.9 Å². The molecule has 6 nitrogen and oxygen atoms in total. The molecule has 2 heterocycles. The summed E-state index contributed by atoms with van der Waals surface area (Å²) in [6.45, 7) is 7.95. The number of ether oxygens (including phenoxy) is 1. The van der Waals surface area contributed by atoms with Gasteiger partial charge in [-0.2, -0.15) is 0 Å². The van der Waals surface area contributed by atoms with Gasteiger partial charge in [-0.3, -0.25) is 14.5 Å². The monoisotopic (exact) mass is 427 g/mol. The van der Waals surface area contributed by atoms with Crippen molar-refractivity contribution in [1.29, 1.82) is 0 Å². The molecule has 0 spiro atoms. The molecule has 1 saturated heterocycles. The van der Waals surface area contributed by atoms with E-state index in [0.29, 0.717) is 6.54 Å². The number of amides is 1. The third kappa shape index (κ3) is 7.21. The Morgan fingerprint density at radius 3 is 2.69 bits per heavy atom. The van der Waals surface area contributed by atoms with E-state index in [2.05, 4.69) is 27.8 Å². The molecule has 1 amide bonds. The lowest BCUT2D eigenvalue weighted by atomic mass is 10.2. The summed E-state index contributed by atoms with van der Waals surface area (Å²) >= 11 is 3.36. The highest BCUT2D eigenvalue weighted by molar-refractivity contribution is 9.10. The second-order valence-electron chi connectivity index (χ2n) is 6.71. The lowest BCUT2D eigenvalue weighted by Crippen LogP contribution is -2.44. The maximum Gasteiger partial charge on any atom is 0.251 e. The van der Waals surface area contributed by atoms with E-state index in [0.717, 1.165) is 56.7 Å². The average molecular weight is 428 g/mol. The van der Waals surface area contributed by atoms with Crippen molar-refractivity contribution in [3.63, 3.8) is 0 Å². The first-order valence-corrected chi connectivity index (χ1v) is 10.3. The molecule has 1 aliphatic heterocycles. The molecule has 1 aromatic rings. The minimum Gasteiger partial charge on any atom is -0.379 e. The van der Waals surface area contributed by atoms with Crippen molar-refractivity contribution < 1.29 is 9.53 Å². The first-order valence-electron chi connectivity index (χ1n) is 9.54. The maximum atomic E-state index is 12.8. The van der Waals surface area contributed by atoms with Crippen LogP contribution in [0.5, 0.6) is 0 Å². The predicted molar refractivity (Wildman–Crippen MR) is 106 cm³/mol. The van der Waals surface area contributed by atoms with Gasteiger partial charge in [-0.1, -0.05) is 26.2 Å². The quantitative estimate of drug-likeness (QED) is 0.537. The largest absolute Gasteiger partial charge is 0.379 e. The van der Waals surface area contributed by atoms with E-state index in [9.17, 15) is 9.59 Å². The number of carbonyl (C=O) groups is 1. The Hall–Kier alpha value is -1.18. The molecule has 0 saturated carbocycles. The number of morpholine rings is 1. The molecule has 0 aliphatic carbocycles. The predicted octanol–water partition coefficient (Wildman–Crippen LogP) is 2.35. The fraction of sp³-hybridized carbons (Fsp3) is 0.684. The third-order valence-electron chi connectivity index (χ3n) is 4.68. The van der Waals surface area contributed by atoms with Gasteiger partial charge in [0.2, 0.25) is 5.91 Å². The smallest absolute Gasteiger partial charge is 0.251 e. The van der Waals surface area contributed by atoms with Gasteiger partial charge in [-0.25, -0.2) is 0 Å². The van der Waals surface area contributed by atoms with E-state index in [1.165, 1.54) is 23.5 Å². The van der Waals surface area contributed by atoms with Crippen LogP contribution in [-0.2, 0) is 16.1 Å².